The van der Waals surface area contributed by atoms with Crippen LogP contribution in [0, 0.1) is 0 Å². The molecule has 26 heavy (non-hydrogen) atoms. The van der Waals surface area contributed by atoms with E-state index in [1.807, 2.05) is 18.2 Å². The molecule has 0 saturated heterocycles. The first-order chi connectivity index (χ1) is 12.4. The molecule has 4 heteroatoms. The molecular weight excluding hydrogens is 404 g/mol. The van der Waals surface area contributed by atoms with E-state index in [9.17, 15) is 0 Å². The number of halogens is 1. The van der Waals surface area contributed by atoms with E-state index in [2.05, 4.69) is 78.1 Å². The maximum absolute atomic E-state index is 4.79. The monoisotopic (exact) mass is 426 g/mol. The summed E-state index contributed by atoms with van der Waals surface area (Å²) >= 11 is 1.75. The van der Waals surface area contributed by atoms with Crippen LogP contribution < -0.4 is 5.32 Å². The molecule has 3 rings (SSSR count). The largest absolute Gasteiger partial charge is 0.361 e. The Hall–Kier alpha value is -2.04. The van der Waals surface area contributed by atoms with Gasteiger partial charge in [-0.05, 0) is 16.7 Å². The number of hydrogen-bond donors (Lipinski definition) is 1. The highest BCUT2D eigenvalue weighted by molar-refractivity contribution is 8.93. The van der Waals surface area contributed by atoms with Crippen LogP contribution in [0.3, 0.4) is 0 Å². The second kappa shape index (κ2) is 11.6. The van der Waals surface area contributed by atoms with Crippen molar-refractivity contribution in [2.45, 2.75) is 18.8 Å². The Balaban J connectivity index is 0.00000243. The van der Waals surface area contributed by atoms with E-state index in [0.29, 0.717) is 6.54 Å². The van der Waals surface area contributed by atoms with Crippen LogP contribution in [0.25, 0.3) is 0 Å². The van der Waals surface area contributed by atoms with Crippen molar-refractivity contribution in [3.8, 4) is 0 Å². The number of thioether (sulfide) groups is 1. The van der Waals surface area contributed by atoms with Crippen molar-refractivity contribution in [1.29, 1.82) is 0 Å². The van der Waals surface area contributed by atoms with Crippen molar-refractivity contribution in [3.05, 3.63) is 108 Å². The molecule has 3 aromatic carbocycles. The number of aliphatic imine (C=N–C) groups is 1. The van der Waals surface area contributed by atoms with E-state index in [1.165, 1.54) is 16.7 Å². The van der Waals surface area contributed by atoms with Crippen LogP contribution in [0.4, 0.5) is 0 Å². The van der Waals surface area contributed by atoms with Gasteiger partial charge in [-0.2, -0.15) is 0 Å². The number of amidine groups is 1. The summed E-state index contributed by atoms with van der Waals surface area (Å²) < 4.78 is 0. The lowest BCUT2D eigenvalue weighted by Crippen LogP contribution is -2.20. The first-order valence-electron chi connectivity index (χ1n) is 8.43. The number of hydrogen-bond acceptors (Lipinski definition) is 2. The SMILES string of the molecule is Br.c1ccc(CN=C(NCc2ccccc2)SCc2ccccc2)cc1. The molecule has 2 nitrogen and oxygen atoms in total. The summed E-state index contributed by atoms with van der Waals surface area (Å²) in [7, 11) is 0. The van der Waals surface area contributed by atoms with Crippen LogP contribution in [0.15, 0.2) is 96.0 Å². The topological polar surface area (TPSA) is 24.4 Å². The number of benzene rings is 3. The lowest BCUT2D eigenvalue weighted by molar-refractivity contribution is 0.911. The van der Waals surface area contributed by atoms with Gasteiger partial charge in [0, 0.05) is 12.3 Å². The molecule has 0 aromatic heterocycles. The fraction of sp³-hybridized carbons (Fsp3) is 0.136. The van der Waals surface area contributed by atoms with Crippen molar-refractivity contribution in [2.24, 2.45) is 4.99 Å². The summed E-state index contributed by atoms with van der Waals surface area (Å²) in [5.41, 5.74) is 3.79. The third-order valence-corrected chi connectivity index (χ3v) is 4.78. The molecule has 3 aromatic rings. The second-order valence-corrected chi connectivity index (χ2v) is 6.68. The highest BCUT2D eigenvalue weighted by Gasteiger charge is 2.02. The van der Waals surface area contributed by atoms with Crippen LogP contribution in [0.2, 0.25) is 0 Å². The van der Waals surface area contributed by atoms with Crippen LogP contribution >= 0.6 is 28.7 Å². The number of nitrogens with zero attached hydrogens (tertiary/aromatic N) is 1. The van der Waals surface area contributed by atoms with Gasteiger partial charge in [-0.15, -0.1) is 17.0 Å². The van der Waals surface area contributed by atoms with Gasteiger partial charge < -0.3 is 5.32 Å². The maximum atomic E-state index is 4.79. The summed E-state index contributed by atoms with van der Waals surface area (Å²) in [4.78, 5) is 4.79. The zero-order chi connectivity index (χ0) is 17.2. The van der Waals surface area contributed by atoms with Gasteiger partial charge in [0.1, 0.15) is 0 Å². The molecule has 0 atom stereocenters. The molecule has 0 heterocycles. The standard InChI is InChI=1S/C22H22N2S.BrH/c1-4-10-19(11-5-1)16-23-22(24-17-20-12-6-2-7-13-20)25-18-21-14-8-3-9-15-21;/h1-15H,16-18H2,(H,23,24);1H. The predicted molar refractivity (Wildman–Crippen MR) is 119 cm³/mol. The van der Waals surface area contributed by atoms with E-state index in [4.69, 9.17) is 4.99 Å². The van der Waals surface area contributed by atoms with Crippen molar-refractivity contribution in [1.82, 2.24) is 5.32 Å². The molecule has 0 saturated carbocycles. The van der Waals surface area contributed by atoms with Crippen molar-refractivity contribution in [2.75, 3.05) is 0 Å². The molecule has 0 bridgehead atoms. The Bertz CT molecular complexity index is 732. The van der Waals surface area contributed by atoms with Crippen molar-refractivity contribution >= 4 is 33.9 Å². The van der Waals surface area contributed by atoms with Crippen LogP contribution in [0.1, 0.15) is 16.7 Å². The van der Waals surface area contributed by atoms with Gasteiger partial charge in [0.15, 0.2) is 5.17 Å². The zero-order valence-corrected chi connectivity index (χ0v) is 17.1. The molecule has 0 spiro atoms. The molecule has 0 unspecified atom stereocenters. The Labute approximate surface area is 170 Å². The van der Waals surface area contributed by atoms with E-state index in [0.717, 1.165) is 17.5 Å². The Morgan fingerprint density at radius 3 is 1.77 bits per heavy atom. The van der Waals surface area contributed by atoms with Gasteiger partial charge in [0.05, 0.1) is 6.54 Å². The number of nitrogens with one attached hydrogen (secondary N) is 1. The lowest BCUT2D eigenvalue weighted by atomic mass is 10.2. The summed E-state index contributed by atoms with van der Waals surface area (Å²) in [5.74, 6) is 0.913. The van der Waals surface area contributed by atoms with Crippen molar-refractivity contribution < 1.29 is 0 Å². The third kappa shape index (κ3) is 7.06. The van der Waals surface area contributed by atoms with Crippen LogP contribution in [-0.2, 0) is 18.8 Å². The van der Waals surface area contributed by atoms with Gasteiger partial charge >= 0.3 is 0 Å². The minimum atomic E-state index is 0. The molecular formula is C22H23BrN2S. The van der Waals surface area contributed by atoms with Gasteiger partial charge in [-0.1, -0.05) is 103 Å². The van der Waals surface area contributed by atoms with E-state index >= 15 is 0 Å². The minimum absolute atomic E-state index is 0. The van der Waals surface area contributed by atoms with E-state index < -0.39 is 0 Å². The molecule has 1 N–H and O–H groups in total. The van der Waals surface area contributed by atoms with Gasteiger partial charge in [0.25, 0.3) is 0 Å². The summed E-state index contributed by atoms with van der Waals surface area (Å²) in [6.45, 7) is 1.48. The Kier molecular flexibility index (Phi) is 9.01. The van der Waals surface area contributed by atoms with Crippen LogP contribution in [0.5, 0.6) is 0 Å². The molecule has 0 amide bonds. The average molecular weight is 427 g/mol. The van der Waals surface area contributed by atoms with Gasteiger partial charge in [-0.25, -0.2) is 0 Å². The second-order valence-electron chi connectivity index (χ2n) is 5.72. The van der Waals surface area contributed by atoms with E-state index in [-0.39, 0.29) is 17.0 Å². The van der Waals surface area contributed by atoms with Crippen molar-refractivity contribution in [3.63, 3.8) is 0 Å². The van der Waals surface area contributed by atoms with Crippen LogP contribution in [-0.4, -0.2) is 5.17 Å². The molecule has 134 valence electrons. The fourth-order valence-electron chi connectivity index (χ4n) is 2.40. The lowest BCUT2D eigenvalue weighted by Gasteiger charge is -2.10. The first kappa shape index (κ1) is 20.3. The summed E-state index contributed by atoms with van der Waals surface area (Å²) in [5, 5.41) is 4.47. The minimum Gasteiger partial charge on any atom is -0.361 e. The Morgan fingerprint density at radius 2 is 1.19 bits per heavy atom. The molecule has 0 aliphatic heterocycles. The quantitative estimate of drug-likeness (QED) is 0.395. The fourth-order valence-corrected chi connectivity index (χ4v) is 3.22. The predicted octanol–water partition coefficient (Wildman–Crippen LogP) is 5.84. The Morgan fingerprint density at radius 1 is 0.692 bits per heavy atom. The first-order valence-corrected chi connectivity index (χ1v) is 9.41. The smallest absolute Gasteiger partial charge is 0.157 e. The molecule has 0 aliphatic rings. The molecule has 0 fully saturated rings. The van der Waals surface area contributed by atoms with Gasteiger partial charge in [0.2, 0.25) is 0 Å². The highest BCUT2D eigenvalue weighted by atomic mass is 79.9. The highest BCUT2D eigenvalue weighted by Crippen LogP contribution is 2.14. The maximum Gasteiger partial charge on any atom is 0.157 e. The molecule has 0 aliphatic carbocycles. The normalized spacial score (nSPS) is 10.8. The number of rotatable bonds is 6. The van der Waals surface area contributed by atoms with E-state index in [1.54, 1.807) is 11.8 Å². The average Bonchev–Trinajstić information content (AvgIpc) is 2.70. The summed E-state index contributed by atoms with van der Waals surface area (Å²) in [6, 6.07) is 31.3. The summed E-state index contributed by atoms with van der Waals surface area (Å²) in [6.07, 6.45) is 0. The zero-order valence-electron chi connectivity index (χ0n) is 14.5. The molecule has 0 radical (unpaired) electrons. The third-order valence-electron chi connectivity index (χ3n) is 3.75. The van der Waals surface area contributed by atoms with Gasteiger partial charge in [-0.3, -0.25) is 4.99 Å².